The number of carbonyl (C=O) groups excluding carboxylic acids is 2. The molecule has 6 rings (SSSR count). The second-order valence-electron chi connectivity index (χ2n) is 11.2. The van der Waals surface area contributed by atoms with Crippen molar-refractivity contribution >= 4 is 46.7 Å². The first kappa shape index (κ1) is 30.3. The highest BCUT2D eigenvalue weighted by Crippen LogP contribution is 2.38. The lowest BCUT2D eigenvalue weighted by Gasteiger charge is -2.26. The van der Waals surface area contributed by atoms with Crippen molar-refractivity contribution in [3.05, 3.63) is 168 Å². The van der Waals surface area contributed by atoms with Gasteiger partial charge in [-0.05, 0) is 132 Å². The Morgan fingerprint density at radius 1 is 0.370 bits per heavy atom. The molecule has 0 spiro atoms. The molecule has 0 saturated heterocycles. The lowest BCUT2D eigenvalue weighted by atomic mass is 10.0. The largest absolute Gasteiger partial charge is 0.311 e. The first-order valence-corrected chi connectivity index (χ1v) is 15.7. The van der Waals surface area contributed by atoms with E-state index >= 15 is 0 Å². The summed E-state index contributed by atoms with van der Waals surface area (Å²) in [5.74, 6) is 0. The first-order chi connectivity index (χ1) is 22.6. The van der Waals surface area contributed by atoms with Crippen LogP contribution in [0.5, 0.6) is 0 Å². The Morgan fingerprint density at radius 3 is 0.848 bits per heavy atom. The Balaban J connectivity index is 1.31. The summed E-state index contributed by atoms with van der Waals surface area (Å²) in [7, 11) is 0. The van der Waals surface area contributed by atoms with Crippen LogP contribution in [-0.4, -0.2) is 12.6 Å². The zero-order valence-electron chi connectivity index (χ0n) is 26.1. The number of anilines is 6. The van der Waals surface area contributed by atoms with Crippen LogP contribution in [0, 0.1) is 0 Å². The highest BCUT2D eigenvalue weighted by Gasteiger charge is 2.15. The van der Waals surface area contributed by atoms with Crippen LogP contribution < -0.4 is 9.80 Å². The number of benzene rings is 6. The van der Waals surface area contributed by atoms with Crippen molar-refractivity contribution in [3.63, 3.8) is 0 Å². The fourth-order valence-corrected chi connectivity index (χ4v) is 5.67. The summed E-state index contributed by atoms with van der Waals surface area (Å²) in [6.07, 6.45) is 3.71. The highest BCUT2D eigenvalue weighted by molar-refractivity contribution is 5.83. The maximum Gasteiger partial charge on any atom is 0.150 e. The Hall–Kier alpha value is -5.74. The SMILES string of the molecule is CCc1ccc(N(c2ccc(C=O)cc2)c2ccc(-c3ccc(N(c4ccc(C=O)cc4)c4ccc(CC)cc4)cc3)cc2)cc1. The van der Waals surface area contributed by atoms with Gasteiger partial charge in [0.05, 0.1) is 0 Å². The van der Waals surface area contributed by atoms with Crippen LogP contribution >= 0.6 is 0 Å². The van der Waals surface area contributed by atoms with Gasteiger partial charge in [0.1, 0.15) is 12.6 Å². The molecule has 0 aliphatic heterocycles. The van der Waals surface area contributed by atoms with Gasteiger partial charge < -0.3 is 9.80 Å². The summed E-state index contributed by atoms with van der Waals surface area (Å²) in [4.78, 5) is 27.0. The minimum absolute atomic E-state index is 0.651. The molecule has 0 fully saturated rings. The molecule has 0 unspecified atom stereocenters. The molecule has 6 aromatic rings. The van der Waals surface area contributed by atoms with E-state index in [4.69, 9.17) is 0 Å². The number of aryl methyl sites for hydroxylation is 2. The molecular weight excluding hydrogens is 564 g/mol. The van der Waals surface area contributed by atoms with E-state index in [0.717, 1.165) is 70.7 Å². The van der Waals surface area contributed by atoms with E-state index in [2.05, 4.69) is 121 Å². The summed E-state index contributed by atoms with van der Waals surface area (Å²) < 4.78 is 0. The monoisotopic (exact) mass is 600 g/mol. The fraction of sp³-hybridized carbons (Fsp3) is 0.0952. The van der Waals surface area contributed by atoms with Gasteiger partial charge in [-0.1, -0.05) is 62.4 Å². The number of rotatable bonds is 11. The topological polar surface area (TPSA) is 40.6 Å². The Kier molecular flexibility index (Phi) is 9.17. The van der Waals surface area contributed by atoms with Crippen LogP contribution in [-0.2, 0) is 12.8 Å². The number of hydrogen-bond donors (Lipinski definition) is 0. The van der Waals surface area contributed by atoms with Gasteiger partial charge in [0.2, 0.25) is 0 Å². The molecule has 226 valence electrons. The molecule has 0 atom stereocenters. The van der Waals surface area contributed by atoms with Gasteiger partial charge in [-0.3, -0.25) is 9.59 Å². The molecule has 46 heavy (non-hydrogen) atoms. The van der Waals surface area contributed by atoms with E-state index in [-0.39, 0.29) is 0 Å². The minimum atomic E-state index is 0.651. The average molecular weight is 601 g/mol. The molecular formula is C42H36N2O2. The molecule has 0 aliphatic rings. The van der Waals surface area contributed by atoms with E-state index in [1.165, 1.54) is 11.1 Å². The normalized spacial score (nSPS) is 10.7. The van der Waals surface area contributed by atoms with Crippen molar-refractivity contribution in [2.24, 2.45) is 0 Å². The average Bonchev–Trinajstić information content (AvgIpc) is 3.13. The summed E-state index contributed by atoms with van der Waals surface area (Å²) >= 11 is 0. The van der Waals surface area contributed by atoms with Gasteiger partial charge in [0, 0.05) is 45.3 Å². The molecule has 0 aromatic heterocycles. The molecule has 0 N–H and O–H groups in total. The zero-order chi connectivity index (χ0) is 31.9. The predicted molar refractivity (Wildman–Crippen MR) is 191 cm³/mol. The second-order valence-corrected chi connectivity index (χ2v) is 11.2. The van der Waals surface area contributed by atoms with Crippen molar-refractivity contribution in [2.75, 3.05) is 9.80 Å². The number of carbonyl (C=O) groups is 2. The molecule has 6 aromatic carbocycles. The summed E-state index contributed by atoms with van der Waals surface area (Å²) in [5.41, 5.74) is 12.2. The fourth-order valence-electron chi connectivity index (χ4n) is 5.67. The van der Waals surface area contributed by atoms with Gasteiger partial charge in [-0.15, -0.1) is 0 Å². The van der Waals surface area contributed by atoms with E-state index in [9.17, 15) is 9.59 Å². The molecule has 0 bridgehead atoms. The van der Waals surface area contributed by atoms with Crippen LogP contribution in [0.2, 0.25) is 0 Å². The molecule has 0 amide bonds. The van der Waals surface area contributed by atoms with Crippen molar-refractivity contribution in [1.29, 1.82) is 0 Å². The van der Waals surface area contributed by atoms with E-state index in [1.54, 1.807) is 0 Å². The smallest absolute Gasteiger partial charge is 0.150 e. The highest BCUT2D eigenvalue weighted by atomic mass is 16.1. The van der Waals surface area contributed by atoms with Crippen molar-refractivity contribution in [2.45, 2.75) is 26.7 Å². The minimum Gasteiger partial charge on any atom is -0.311 e. The van der Waals surface area contributed by atoms with Gasteiger partial charge in [0.15, 0.2) is 0 Å². The van der Waals surface area contributed by atoms with Gasteiger partial charge in [-0.25, -0.2) is 0 Å². The van der Waals surface area contributed by atoms with E-state index in [1.807, 2.05) is 48.5 Å². The van der Waals surface area contributed by atoms with Crippen LogP contribution in [0.4, 0.5) is 34.1 Å². The lowest BCUT2D eigenvalue weighted by Crippen LogP contribution is -2.10. The van der Waals surface area contributed by atoms with Gasteiger partial charge in [0.25, 0.3) is 0 Å². The van der Waals surface area contributed by atoms with Crippen LogP contribution in [0.3, 0.4) is 0 Å². The van der Waals surface area contributed by atoms with Crippen LogP contribution in [0.25, 0.3) is 11.1 Å². The molecule has 4 nitrogen and oxygen atoms in total. The van der Waals surface area contributed by atoms with Crippen LogP contribution in [0.1, 0.15) is 45.7 Å². The number of aldehydes is 2. The van der Waals surface area contributed by atoms with Crippen LogP contribution in [0.15, 0.2) is 146 Å². The van der Waals surface area contributed by atoms with Crippen molar-refractivity contribution in [3.8, 4) is 11.1 Å². The lowest BCUT2D eigenvalue weighted by molar-refractivity contribution is 0.111. The summed E-state index contributed by atoms with van der Waals surface area (Å²) in [5, 5.41) is 0. The maximum atomic E-state index is 11.3. The quantitative estimate of drug-likeness (QED) is 0.139. The molecule has 0 aliphatic carbocycles. The first-order valence-electron chi connectivity index (χ1n) is 15.7. The number of hydrogen-bond acceptors (Lipinski definition) is 4. The Morgan fingerprint density at radius 2 is 0.609 bits per heavy atom. The van der Waals surface area contributed by atoms with Crippen molar-refractivity contribution in [1.82, 2.24) is 0 Å². The third-order valence-electron chi connectivity index (χ3n) is 8.36. The Labute approximate surface area is 271 Å². The van der Waals surface area contributed by atoms with E-state index in [0.29, 0.717) is 11.1 Å². The van der Waals surface area contributed by atoms with Gasteiger partial charge >= 0.3 is 0 Å². The van der Waals surface area contributed by atoms with E-state index < -0.39 is 0 Å². The molecule has 4 heteroatoms. The zero-order valence-corrected chi connectivity index (χ0v) is 26.1. The predicted octanol–water partition coefficient (Wildman–Crippen LogP) is 11.0. The molecule has 0 radical (unpaired) electrons. The molecule has 0 heterocycles. The molecule has 0 saturated carbocycles. The third kappa shape index (κ3) is 6.52. The summed E-state index contributed by atoms with van der Waals surface area (Å²) in [6.45, 7) is 4.31. The standard InChI is InChI=1S/C42H36N2O2/c1-3-31-5-17-37(18-6-31)43(39-21-9-33(29-45)10-22-39)41-25-13-35(14-26-41)36-15-27-42(28-16-36)44(38-19-7-32(4-2)8-20-38)40-23-11-34(30-46)12-24-40/h5-30H,3-4H2,1-2H3. The summed E-state index contributed by atoms with van der Waals surface area (Å²) in [6, 6.07) is 49.7. The number of nitrogens with zero attached hydrogens (tertiary/aromatic N) is 2. The second kappa shape index (κ2) is 13.9. The Bertz CT molecular complexity index is 1750. The van der Waals surface area contributed by atoms with Crippen molar-refractivity contribution < 1.29 is 9.59 Å². The third-order valence-corrected chi connectivity index (χ3v) is 8.36. The van der Waals surface area contributed by atoms with Gasteiger partial charge in [-0.2, -0.15) is 0 Å². The maximum absolute atomic E-state index is 11.3.